The van der Waals surface area contributed by atoms with Crippen molar-refractivity contribution < 1.29 is 14.4 Å². The minimum Gasteiger partial charge on any atom is -0.337 e. The number of carbonyl (C=O) groups is 3. The van der Waals surface area contributed by atoms with Gasteiger partial charge in [-0.15, -0.1) is 0 Å². The number of amides is 4. The maximum Gasteiger partial charge on any atom is 0.329 e. The molecular weight excluding hydrogens is 396 g/mol. The fourth-order valence-electron chi connectivity index (χ4n) is 4.44. The molecule has 0 unspecified atom stereocenters. The Hall–Kier alpha value is -2.94. The minimum atomic E-state index is -0.428. The molecule has 0 radical (unpaired) electrons. The molecule has 2 aliphatic rings. The highest BCUT2D eigenvalue weighted by Crippen LogP contribution is 2.28. The second-order valence-corrected chi connectivity index (χ2v) is 8.82. The molecule has 4 amide bonds. The predicted octanol–water partition coefficient (Wildman–Crippen LogP) is 1.71. The van der Waals surface area contributed by atoms with Gasteiger partial charge >= 0.3 is 6.03 Å². The molecule has 31 heavy (non-hydrogen) atoms. The molecule has 9 heteroatoms. The van der Waals surface area contributed by atoms with E-state index in [1.165, 1.54) is 4.90 Å². The van der Waals surface area contributed by atoms with E-state index in [0.29, 0.717) is 12.4 Å². The topological polar surface area (TPSA) is 90.8 Å². The number of aromatic nitrogens is 2. The molecule has 0 aliphatic carbocycles. The first kappa shape index (κ1) is 21.3. The number of hydrogen-bond donors (Lipinski definition) is 1. The van der Waals surface area contributed by atoms with Gasteiger partial charge in [-0.1, -0.05) is 19.9 Å². The van der Waals surface area contributed by atoms with Gasteiger partial charge in [-0.2, -0.15) is 5.10 Å². The molecule has 2 aliphatic heterocycles. The average molecular weight is 427 g/mol. The minimum absolute atomic E-state index is 0.0237. The molecule has 4 rings (SSSR count). The van der Waals surface area contributed by atoms with Gasteiger partial charge in [0, 0.05) is 63.5 Å². The number of urea groups is 1. The Bertz CT molecular complexity index is 1030. The van der Waals surface area contributed by atoms with Crippen LogP contribution in [0.1, 0.15) is 32.8 Å². The standard InChI is InChI=1S/C22H30N6O3/c1-14(2)21(30)27-10-9-26(12-15(27)3)13-16-5-6-17-18(11-16)25(4)24-20(17)28-8-7-19(29)23-22(28)31/h5-6,11,14-15H,7-10,12-13H2,1-4H3,(H,23,29,31)/t15-/m0/s1. The summed E-state index contributed by atoms with van der Waals surface area (Å²) in [6.45, 7) is 9.57. The third-order valence-electron chi connectivity index (χ3n) is 6.10. The first-order valence-electron chi connectivity index (χ1n) is 10.8. The Morgan fingerprint density at radius 2 is 2.00 bits per heavy atom. The van der Waals surface area contributed by atoms with Crippen LogP contribution in [0, 0.1) is 5.92 Å². The highest BCUT2D eigenvalue weighted by atomic mass is 16.2. The molecule has 0 spiro atoms. The van der Waals surface area contributed by atoms with E-state index < -0.39 is 6.03 Å². The monoisotopic (exact) mass is 426 g/mol. The number of aryl methyl sites for hydroxylation is 1. The summed E-state index contributed by atoms with van der Waals surface area (Å²) in [7, 11) is 1.86. The average Bonchev–Trinajstić information content (AvgIpc) is 3.03. The number of carbonyl (C=O) groups excluding carboxylic acids is 3. The molecule has 1 atom stereocenters. The van der Waals surface area contributed by atoms with Crippen LogP contribution in [0.3, 0.4) is 0 Å². The Morgan fingerprint density at radius 1 is 1.23 bits per heavy atom. The van der Waals surface area contributed by atoms with Crippen molar-refractivity contribution in [2.75, 3.05) is 31.1 Å². The van der Waals surface area contributed by atoms with Gasteiger partial charge in [-0.3, -0.25) is 29.4 Å². The summed E-state index contributed by atoms with van der Waals surface area (Å²) in [6.07, 6.45) is 0.269. The van der Waals surface area contributed by atoms with Gasteiger partial charge in [-0.05, 0) is 24.6 Å². The van der Waals surface area contributed by atoms with Gasteiger partial charge in [-0.25, -0.2) is 4.79 Å². The van der Waals surface area contributed by atoms with Gasteiger partial charge in [0.2, 0.25) is 11.8 Å². The zero-order chi connectivity index (χ0) is 22.3. The van der Waals surface area contributed by atoms with E-state index in [9.17, 15) is 14.4 Å². The number of benzene rings is 1. The number of fused-ring (bicyclic) bond motifs is 1. The highest BCUT2D eigenvalue weighted by Gasteiger charge is 2.30. The first-order chi connectivity index (χ1) is 14.7. The quantitative estimate of drug-likeness (QED) is 0.804. The maximum atomic E-state index is 12.4. The molecule has 0 saturated carbocycles. The predicted molar refractivity (Wildman–Crippen MR) is 118 cm³/mol. The summed E-state index contributed by atoms with van der Waals surface area (Å²) < 4.78 is 1.78. The van der Waals surface area contributed by atoms with Crippen LogP contribution in [0.5, 0.6) is 0 Å². The molecule has 1 aromatic heterocycles. The molecule has 166 valence electrons. The smallest absolute Gasteiger partial charge is 0.329 e. The number of hydrogen-bond acceptors (Lipinski definition) is 5. The number of rotatable bonds is 4. The Morgan fingerprint density at radius 3 is 2.68 bits per heavy atom. The fourth-order valence-corrected chi connectivity index (χ4v) is 4.44. The van der Waals surface area contributed by atoms with Crippen LogP contribution in [-0.4, -0.2) is 69.6 Å². The van der Waals surface area contributed by atoms with Crippen molar-refractivity contribution in [2.24, 2.45) is 13.0 Å². The maximum absolute atomic E-state index is 12.4. The van der Waals surface area contributed by atoms with Crippen LogP contribution in [-0.2, 0) is 23.2 Å². The normalized spacial score (nSPS) is 20.6. The van der Waals surface area contributed by atoms with Gasteiger partial charge in [0.05, 0.1) is 5.52 Å². The van der Waals surface area contributed by atoms with Crippen LogP contribution < -0.4 is 10.2 Å². The Labute approximate surface area is 181 Å². The number of nitrogens with zero attached hydrogens (tertiary/aromatic N) is 5. The van der Waals surface area contributed by atoms with Gasteiger partial charge in [0.15, 0.2) is 5.82 Å². The van der Waals surface area contributed by atoms with Crippen LogP contribution in [0.2, 0.25) is 0 Å². The summed E-state index contributed by atoms with van der Waals surface area (Å²) in [5.74, 6) is 0.562. The van der Waals surface area contributed by atoms with E-state index in [1.807, 2.05) is 31.9 Å². The van der Waals surface area contributed by atoms with Crippen molar-refractivity contribution >= 4 is 34.6 Å². The van der Waals surface area contributed by atoms with E-state index in [2.05, 4.69) is 34.4 Å². The SMILES string of the molecule is CC(C)C(=O)N1CCN(Cc2ccc3c(N4CCC(=O)NC4=O)nn(C)c3c2)C[C@@H]1C. The highest BCUT2D eigenvalue weighted by molar-refractivity contribution is 6.08. The van der Waals surface area contributed by atoms with Crippen LogP contribution >= 0.6 is 0 Å². The molecular formula is C22H30N6O3. The molecule has 3 heterocycles. The van der Waals surface area contributed by atoms with E-state index in [-0.39, 0.29) is 30.2 Å². The number of nitrogens with one attached hydrogen (secondary N) is 1. The molecule has 1 N–H and O–H groups in total. The van der Waals surface area contributed by atoms with Crippen LogP contribution in [0.15, 0.2) is 18.2 Å². The lowest BCUT2D eigenvalue weighted by Gasteiger charge is -2.40. The molecule has 2 saturated heterocycles. The summed E-state index contributed by atoms with van der Waals surface area (Å²) in [6, 6.07) is 5.93. The lowest BCUT2D eigenvalue weighted by molar-refractivity contribution is -0.139. The third kappa shape index (κ3) is 4.14. The number of anilines is 1. The van der Waals surface area contributed by atoms with Crippen molar-refractivity contribution in [3.63, 3.8) is 0 Å². The van der Waals surface area contributed by atoms with Crippen molar-refractivity contribution in [3.05, 3.63) is 23.8 Å². The van der Waals surface area contributed by atoms with E-state index in [4.69, 9.17) is 0 Å². The number of piperazine rings is 1. The van der Waals surface area contributed by atoms with E-state index in [0.717, 1.165) is 42.6 Å². The number of imide groups is 1. The molecule has 2 aromatic rings. The van der Waals surface area contributed by atoms with E-state index in [1.54, 1.807) is 4.68 Å². The summed E-state index contributed by atoms with van der Waals surface area (Å²) in [5, 5.41) is 7.79. The van der Waals surface area contributed by atoms with Gasteiger partial charge in [0.1, 0.15) is 0 Å². The zero-order valence-corrected chi connectivity index (χ0v) is 18.6. The second-order valence-electron chi connectivity index (χ2n) is 8.82. The zero-order valence-electron chi connectivity index (χ0n) is 18.6. The molecule has 2 fully saturated rings. The largest absolute Gasteiger partial charge is 0.337 e. The van der Waals surface area contributed by atoms with Crippen molar-refractivity contribution in [1.29, 1.82) is 0 Å². The van der Waals surface area contributed by atoms with Crippen LogP contribution in [0.4, 0.5) is 10.6 Å². The lowest BCUT2D eigenvalue weighted by atomic mass is 10.1. The molecule has 1 aromatic carbocycles. The molecule has 0 bridgehead atoms. The fraction of sp³-hybridized carbons (Fsp3) is 0.545. The first-order valence-corrected chi connectivity index (χ1v) is 10.8. The Balaban J connectivity index is 1.49. The second kappa shape index (κ2) is 8.30. The lowest BCUT2D eigenvalue weighted by Crippen LogP contribution is -2.54. The summed E-state index contributed by atoms with van der Waals surface area (Å²) >= 11 is 0. The van der Waals surface area contributed by atoms with Crippen LogP contribution in [0.25, 0.3) is 10.9 Å². The third-order valence-corrected chi connectivity index (χ3v) is 6.10. The van der Waals surface area contributed by atoms with Crippen molar-refractivity contribution in [3.8, 4) is 0 Å². The summed E-state index contributed by atoms with van der Waals surface area (Å²) in [4.78, 5) is 42.0. The van der Waals surface area contributed by atoms with E-state index >= 15 is 0 Å². The van der Waals surface area contributed by atoms with Gasteiger partial charge in [0.25, 0.3) is 0 Å². The van der Waals surface area contributed by atoms with Gasteiger partial charge < -0.3 is 4.90 Å². The molecule has 9 nitrogen and oxygen atoms in total. The Kier molecular flexibility index (Phi) is 5.70. The van der Waals surface area contributed by atoms with Crippen molar-refractivity contribution in [1.82, 2.24) is 24.9 Å². The van der Waals surface area contributed by atoms with Crippen molar-refractivity contribution in [2.45, 2.75) is 39.8 Å². The summed E-state index contributed by atoms with van der Waals surface area (Å²) in [5.41, 5.74) is 2.11.